The molecule has 2 aliphatic rings. The topological polar surface area (TPSA) is 52.4 Å². The first-order valence-corrected chi connectivity index (χ1v) is 7.76. The summed E-state index contributed by atoms with van der Waals surface area (Å²) in [5, 5.41) is 9.42. The van der Waals surface area contributed by atoms with E-state index in [1.165, 1.54) is 6.42 Å². The van der Waals surface area contributed by atoms with Crippen LogP contribution >= 0.6 is 11.6 Å². The van der Waals surface area contributed by atoms with Gasteiger partial charge in [-0.3, -0.25) is 4.90 Å². The van der Waals surface area contributed by atoms with Gasteiger partial charge in [0.25, 0.3) is 0 Å². The summed E-state index contributed by atoms with van der Waals surface area (Å²) in [7, 11) is 0. The lowest BCUT2D eigenvalue weighted by Crippen LogP contribution is -2.48. The molecule has 1 aromatic rings. The van der Waals surface area contributed by atoms with Crippen LogP contribution in [0.25, 0.3) is 0 Å². The van der Waals surface area contributed by atoms with Crippen LogP contribution in [0.4, 0.5) is 5.82 Å². The average molecular weight is 307 g/mol. The zero-order valence-electron chi connectivity index (χ0n) is 12.0. The second-order valence-electron chi connectivity index (χ2n) is 5.63. The Morgan fingerprint density at radius 2 is 2.14 bits per heavy atom. The van der Waals surface area contributed by atoms with Gasteiger partial charge < -0.3 is 9.64 Å². The highest BCUT2D eigenvalue weighted by molar-refractivity contribution is 6.31. The van der Waals surface area contributed by atoms with Crippen molar-refractivity contribution in [2.45, 2.75) is 6.42 Å². The molecule has 21 heavy (non-hydrogen) atoms. The first-order valence-electron chi connectivity index (χ1n) is 7.38. The number of rotatable bonds is 3. The summed E-state index contributed by atoms with van der Waals surface area (Å²) >= 11 is 5.93. The Hall–Kier alpha value is -1.35. The molecule has 0 aromatic carbocycles. The third-order valence-electron chi connectivity index (χ3n) is 4.17. The summed E-state index contributed by atoms with van der Waals surface area (Å²) in [5.41, 5.74) is 0.305. The van der Waals surface area contributed by atoms with Crippen molar-refractivity contribution in [2.24, 2.45) is 5.92 Å². The number of aromatic nitrogens is 1. The summed E-state index contributed by atoms with van der Waals surface area (Å²) in [6.45, 7) is 6.89. The van der Waals surface area contributed by atoms with Gasteiger partial charge in [-0.05, 0) is 24.5 Å². The Morgan fingerprint density at radius 1 is 1.33 bits per heavy atom. The van der Waals surface area contributed by atoms with E-state index in [0.717, 1.165) is 51.8 Å². The molecule has 0 bridgehead atoms. The van der Waals surface area contributed by atoms with Crippen molar-refractivity contribution in [1.29, 1.82) is 5.26 Å². The summed E-state index contributed by atoms with van der Waals surface area (Å²) in [6.07, 6.45) is 1.19. The van der Waals surface area contributed by atoms with Crippen molar-refractivity contribution in [3.05, 3.63) is 22.8 Å². The van der Waals surface area contributed by atoms with E-state index >= 15 is 0 Å². The Labute approximate surface area is 130 Å². The number of hydrogen-bond acceptors (Lipinski definition) is 5. The minimum Gasteiger partial charge on any atom is -0.381 e. The summed E-state index contributed by atoms with van der Waals surface area (Å²) < 4.78 is 5.44. The van der Waals surface area contributed by atoms with Crippen molar-refractivity contribution in [1.82, 2.24) is 9.88 Å². The Kier molecular flexibility index (Phi) is 4.59. The normalized spacial score (nSPS) is 23.2. The van der Waals surface area contributed by atoms with Gasteiger partial charge in [-0.15, -0.1) is 0 Å². The summed E-state index contributed by atoms with van der Waals surface area (Å²) in [6, 6.07) is 5.68. The molecular formula is C15H19ClN4O. The molecule has 2 aliphatic heterocycles. The van der Waals surface area contributed by atoms with E-state index in [9.17, 15) is 0 Å². The second-order valence-corrected chi connectivity index (χ2v) is 6.04. The lowest BCUT2D eigenvalue weighted by molar-refractivity contribution is 0.164. The van der Waals surface area contributed by atoms with E-state index in [2.05, 4.69) is 14.8 Å². The lowest BCUT2D eigenvalue weighted by Gasteiger charge is -2.36. The van der Waals surface area contributed by atoms with Gasteiger partial charge in [0.2, 0.25) is 0 Å². The van der Waals surface area contributed by atoms with Crippen LogP contribution in [0, 0.1) is 17.2 Å². The number of halogens is 1. The van der Waals surface area contributed by atoms with Crippen molar-refractivity contribution >= 4 is 17.4 Å². The average Bonchev–Trinajstić information content (AvgIpc) is 3.02. The van der Waals surface area contributed by atoms with Crippen LogP contribution in [0.3, 0.4) is 0 Å². The molecule has 112 valence electrons. The van der Waals surface area contributed by atoms with Gasteiger partial charge in [0, 0.05) is 39.3 Å². The fraction of sp³-hybridized carbons (Fsp3) is 0.600. The second kappa shape index (κ2) is 6.61. The Bertz CT molecular complexity index is 531. The van der Waals surface area contributed by atoms with Gasteiger partial charge in [0.15, 0.2) is 5.69 Å². The maximum atomic E-state index is 9.01. The lowest BCUT2D eigenvalue weighted by atomic mass is 10.1. The molecule has 2 saturated heterocycles. The Morgan fingerprint density at radius 3 is 2.81 bits per heavy atom. The number of hydrogen-bond donors (Lipinski definition) is 0. The van der Waals surface area contributed by atoms with Gasteiger partial charge in [-0.1, -0.05) is 11.6 Å². The Balaban J connectivity index is 1.56. The SMILES string of the molecule is N#Cc1nc(N2CCN(CC3CCOC3)CC2)ccc1Cl. The number of piperazine rings is 1. The highest BCUT2D eigenvalue weighted by Crippen LogP contribution is 2.21. The van der Waals surface area contributed by atoms with Crippen LogP contribution in [0.15, 0.2) is 12.1 Å². The van der Waals surface area contributed by atoms with Crippen LogP contribution < -0.4 is 4.90 Å². The molecule has 0 spiro atoms. The quantitative estimate of drug-likeness (QED) is 0.852. The number of ether oxygens (including phenoxy) is 1. The highest BCUT2D eigenvalue weighted by atomic mass is 35.5. The zero-order valence-corrected chi connectivity index (χ0v) is 12.7. The molecule has 3 rings (SSSR count). The third-order valence-corrected chi connectivity index (χ3v) is 4.48. The molecule has 1 atom stereocenters. The van der Waals surface area contributed by atoms with Crippen LogP contribution in [-0.2, 0) is 4.74 Å². The number of nitriles is 1. The monoisotopic (exact) mass is 306 g/mol. The molecule has 0 amide bonds. The first-order chi connectivity index (χ1) is 10.3. The zero-order chi connectivity index (χ0) is 14.7. The van der Waals surface area contributed by atoms with E-state index in [-0.39, 0.29) is 0 Å². The molecule has 1 unspecified atom stereocenters. The van der Waals surface area contributed by atoms with Gasteiger partial charge in [0.05, 0.1) is 11.6 Å². The van der Waals surface area contributed by atoms with Crippen LogP contribution in [0.1, 0.15) is 12.1 Å². The fourth-order valence-electron chi connectivity index (χ4n) is 2.94. The van der Waals surface area contributed by atoms with Gasteiger partial charge in [-0.25, -0.2) is 4.98 Å². The molecule has 0 saturated carbocycles. The molecule has 2 fully saturated rings. The van der Waals surface area contributed by atoms with Crippen molar-refractivity contribution in [2.75, 3.05) is 50.8 Å². The van der Waals surface area contributed by atoms with Gasteiger partial charge >= 0.3 is 0 Å². The van der Waals surface area contributed by atoms with E-state index in [1.54, 1.807) is 6.07 Å². The van der Waals surface area contributed by atoms with E-state index in [0.29, 0.717) is 16.6 Å². The predicted molar refractivity (Wildman–Crippen MR) is 81.5 cm³/mol. The van der Waals surface area contributed by atoms with Crippen molar-refractivity contribution in [3.8, 4) is 6.07 Å². The maximum absolute atomic E-state index is 9.01. The molecule has 0 radical (unpaired) electrons. The van der Waals surface area contributed by atoms with Crippen LogP contribution in [0.2, 0.25) is 5.02 Å². The number of nitrogens with zero attached hydrogens (tertiary/aromatic N) is 4. The molecule has 0 N–H and O–H groups in total. The third kappa shape index (κ3) is 3.46. The summed E-state index contributed by atoms with van der Waals surface area (Å²) in [5.74, 6) is 1.54. The minimum absolute atomic E-state index is 0.305. The largest absolute Gasteiger partial charge is 0.381 e. The molecular weight excluding hydrogens is 288 g/mol. The molecule has 1 aromatic heterocycles. The first kappa shape index (κ1) is 14.6. The maximum Gasteiger partial charge on any atom is 0.161 e. The van der Waals surface area contributed by atoms with E-state index in [4.69, 9.17) is 21.6 Å². The highest BCUT2D eigenvalue weighted by Gasteiger charge is 2.23. The molecule has 0 aliphatic carbocycles. The van der Waals surface area contributed by atoms with Gasteiger partial charge in [-0.2, -0.15) is 5.26 Å². The van der Waals surface area contributed by atoms with E-state index in [1.807, 2.05) is 12.1 Å². The van der Waals surface area contributed by atoms with Crippen LogP contribution in [0.5, 0.6) is 0 Å². The molecule has 5 nitrogen and oxygen atoms in total. The fourth-order valence-corrected chi connectivity index (χ4v) is 3.09. The van der Waals surface area contributed by atoms with E-state index < -0.39 is 0 Å². The van der Waals surface area contributed by atoms with Gasteiger partial charge in [0.1, 0.15) is 11.9 Å². The van der Waals surface area contributed by atoms with Crippen molar-refractivity contribution < 1.29 is 4.74 Å². The minimum atomic E-state index is 0.305. The molecule has 6 heteroatoms. The number of anilines is 1. The predicted octanol–water partition coefficient (Wildman–Crippen LogP) is 1.77. The summed E-state index contributed by atoms with van der Waals surface area (Å²) in [4.78, 5) is 9.06. The molecule has 3 heterocycles. The smallest absolute Gasteiger partial charge is 0.161 e. The van der Waals surface area contributed by atoms with Crippen molar-refractivity contribution in [3.63, 3.8) is 0 Å². The van der Waals surface area contributed by atoms with Crippen LogP contribution in [-0.4, -0.2) is 55.8 Å². The number of pyridine rings is 1. The standard InChI is InChI=1S/C15H19ClN4O/c16-13-1-2-15(18-14(13)9-17)20-6-4-19(5-7-20)10-12-3-8-21-11-12/h1-2,12H,3-8,10-11H2.